The summed E-state index contributed by atoms with van der Waals surface area (Å²) >= 11 is 0. The second-order valence-corrected chi connectivity index (χ2v) is 5.10. The molecule has 0 heterocycles. The number of nitrogens with one attached hydrogen (secondary N) is 1. The average Bonchev–Trinajstić information content (AvgIpc) is 2.55. The molecule has 2 aromatic carbocycles. The van der Waals surface area contributed by atoms with Gasteiger partial charge in [0, 0.05) is 11.8 Å². The van der Waals surface area contributed by atoms with Crippen LogP contribution in [0, 0.1) is 6.92 Å². The van der Waals surface area contributed by atoms with Crippen LogP contribution in [0.15, 0.2) is 48.5 Å². The van der Waals surface area contributed by atoms with Crippen molar-refractivity contribution in [3.8, 4) is 5.75 Å². The number of methoxy groups -OCH3 is 1. The van der Waals surface area contributed by atoms with Crippen molar-refractivity contribution in [2.75, 3.05) is 19.0 Å². The van der Waals surface area contributed by atoms with Crippen LogP contribution < -0.4 is 10.1 Å². The topological polar surface area (TPSA) is 64.6 Å². The highest BCUT2D eigenvalue weighted by Crippen LogP contribution is 2.16. The Bertz CT molecular complexity index is 680. The van der Waals surface area contributed by atoms with Crippen molar-refractivity contribution in [3.05, 3.63) is 59.7 Å². The summed E-state index contributed by atoms with van der Waals surface area (Å²) in [5, 5.41) is 2.65. The Kier molecular flexibility index (Phi) is 5.74. The first kappa shape index (κ1) is 16.5. The first-order valence-corrected chi connectivity index (χ1v) is 7.22. The molecule has 5 heteroatoms. The van der Waals surface area contributed by atoms with E-state index in [1.165, 1.54) is 0 Å². The summed E-state index contributed by atoms with van der Waals surface area (Å²) in [4.78, 5) is 23.5. The molecule has 0 spiro atoms. The van der Waals surface area contributed by atoms with Gasteiger partial charge in [0.2, 0.25) is 0 Å². The zero-order valence-electron chi connectivity index (χ0n) is 13.2. The Balaban J connectivity index is 1.79. The predicted octanol–water partition coefficient (Wildman–Crippen LogP) is 2.73. The lowest BCUT2D eigenvalue weighted by Gasteiger charge is -2.08. The normalized spacial score (nSPS) is 10.0. The molecular weight excluding hydrogens is 294 g/mol. The Hall–Kier alpha value is -2.82. The molecular formula is C18H19NO4. The van der Waals surface area contributed by atoms with Crippen molar-refractivity contribution < 1.29 is 19.1 Å². The molecule has 0 aliphatic carbocycles. The summed E-state index contributed by atoms with van der Waals surface area (Å²) in [6.45, 7) is 1.66. The fourth-order valence-electron chi connectivity index (χ4n) is 1.97. The molecule has 5 nitrogen and oxygen atoms in total. The fraction of sp³-hybridized carbons (Fsp3) is 0.222. The Morgan fingerprint density at radius 1 is 1.09 bits per heavy atom. The van der Waals surface area contributed by atoms with Crippen molar-refractivity contribution in [2.45, 2.75) is 13.3 Å². The van der Waals surface area contributed by atoms with Crippen molar-refractivity contribution in [1.82, 2.24) is 0 Å². The second-order valence-electron chi connectivity index (χ2n) is 5.10. The largest absolute Gasteiger partial charge is 0.497 e. The first-order chi connectivity index (χ1) is 11.1. The molecule has 23 heavy (non-hydrogen) atoms. The molecule has 0 fully saturated rings. The maximum absolute atomic E-state index is 11.8. The standard InChI is InChI=1S/C18H19NO4/c1-13-6-8-14(9-7-13)10-18(21)23-12-17(20)19-15-4-3-5-16(11-15)22-2/h3-9,11H,10,12H2,1-2H3,(H,19,20). The van der Waals surface area contributed by atoms with Crippen LogP contribution in [0.5, 0.6) is 5.75 Å². The van der Waals surface area contributed by atoms with Gasteiger partial charge >= 0.3 is 5.97 Å². The Morgan fingerprint density at radius 3 is 2.52 bits per heavy atom. The van der Waals surface area contributed by atoms with Crippen molar-refractivity contribution in [1.29, 1.82) is 0 Å². The van der Waals surface area contributed by atoms with E-state index >= 15 is 0 Å². The highest BCUT2D eigenvalue weighted by Gasteiger charge is 2.09. The molecule has 0 atom stereocenters. The molecule has 120 valence electrons. The average molecular weight is 313 g/mol. The number of carbonyl (C=O) groups excluding carboxylic acids is 2. The van der Waals surface area contributed by atoms with Gasteiger partial charge in [0.15, 0.2) is 6.61 Å². The molecule has 0 aliphatic heterocycles. The van der Waals surface area contributed by atoms with Gasteiger partial charge in [-0.3, -0.25) is 9.59 Å². The summed E-state index contributed by atoms with van der Waals surface area (Å²) < 4.78 is 10.1. The van der Waals surface area contributed by atoms with Crippen LogP contribution in [0.25, 0.3) is 0 Å². The summed E-state index contributed by atoms with van der Waals surface area (Å²) in [7, 11) is 1.55. The van der Waals surface area contributed by atoms with Gasteiger partial charge in [0.25, 0.3) is 5.91 Å². The predicted molar refractivity (Wildman–Crippen MR) is 87.5 cm³/mol. The molecule has 0 saturated heterocycles. The Morgan fingerprint density at radius 2 is 1.83 bits per heavy atom. The lowest BCUT2D eigenvalue weighted by molar-refractivity contribution is -0.146. The number of aryl methyl sites for hydroxylation is 1. The van der Waals surface area contributed by atoms with Gasteiger partial charge in [-0.05, 0) is 24.6 Å². The first-order valence-electron chi connectivity index (χ1n) is 7.22. The number of ether oxygens (including phenoxy) is 2. The van der Waals surface area contributed by atoms with E-state index in [9.17, 15) is 9.59 Å². The molecule has 0 aromatic heterocycles. The summed E-state index contributed by atoms with van der Waals surface area (Å²) in [5.41, 5.74) is 2.57. The monoisotopic (exact) mass is 313 g/mol. The van der Waals surface area contributed by atoms with Gasteiger partial charge in [0.05, 0.1) is 13.5 Å². The SMILES string of the molecule is COc1cccc(NC(=O)COC(=O)Cc2ccc(C)cc2)c1. The van der Waals surface area contributed by atoms with E-state index < -0.39 is 11.9 Å². The van der Waals surface area contributed by atoms with Crippen LogP contribution >= 0.6 is 0 Å². The second kappa shape index (κ2) is 7.98. The summed E-state index contributed by atoms with van der Waals surface area (Å²) in [6.07, 6.45) is 0.146. The van der Waals surface area contributed by atoms with E-state index in [1.807, 2.05) is 31.2 Å². The smallest absolute Gasteiger partial charge is 0.310 e. The quantitative estimate of drug-likeness (QED) is 0.833. The number of benzene rings is 2. The third-order valence-corrected chi connectivity index (χ3v) is 3.19. The van der Waals surface area contributed by atoms with Gasteiger partial charge in [0.1, 0.15) is 5.75 Å². The molecule has 0 aliphatic rings. The molecule has 2 rings (SSSR count). The van der Waals surface area contributed by atoms with Gasteiger partial charge in [-0.2, -0.15) is 0 Å². The molecule has 0 saturated carbocycles. The number of esters is 1. The van der Waals surface area contributed by atoms with E-state index in [-0.39, 0.29) is 13.0 Å². The van der Waals surface area contributed by atoms with Crippen LogP contribution in [-0.4, -0.2) is 25.6 Å². The van der Waals surface area contributed by atoms with E-state index in [4.69, 9.17) is 9.47 Å². The van der Waals surface area contributed by atoms with Crippen molar-refractivity contribution in [2.24, 2.45) is 0 Å². The van der Waals surface area contributed by atoms with Crippen LogP contribution in [0.2, 0.25) is 0 Å². The van der Waals surface area contributed by atoms with Crippen molar-refractivity contribution >= 4 is 17.6 Å². The molecule has 0 radical (unpaired) electrons. The zero-order chi connectivity index (χ0) is 16.7. The minimum Gasteiger partial charge on any atom is -0.497 e. The van der Waals surface area contributed by atoms with Crippen LogP contribution in [0.4, 0.5) is 5.69 Å². The van der Waals surface area contributed by atoms with E-state index in [2.05, 4.69) is 5.32 Å². The van der Waals surface area contributed by atoms with E-state index in [1.54, 1.807) is 31.4 Å². The number of hydrogen-bond acceptors (Lipinski definition) is 4. The van der Waals surface area contributed by atoms with Crippen LogP contribution in [0.3, 0.4) is 0 Å². The van der Waals surface area contributed by atoms with E-state index in [0.717, 1.165) is 11.1 Å². The summed E-state index contributed by atoms with van der Waals surface area (Å²) in [5.74, 6) is -0.190. The molecule has 1 amide bonds. The number of rotatable bonds is 6. The maximum Gasteiger partial charge on any atom is 0.310 e. The van der Waals surface area contributed by atoms with Crippen LogP contribution in [-0.2, 0) is 20.7 Å². The Labute approximate surface area is 135 Å². The minimum absolute atomic E-state index is 0.146. The highest BCUT2D eigenvalue weighted by atomic mass is 16.5. The molecule has 1 N–H and O–H groups in total. The van der Waals surface area contributed by atoms with E-state index in [0.29, 0.717) is 11.4 Å². The number of anilines is 1. The van der Waals surface area contributed by atoms with Gasteiger partial charge in [-0.15, -0.1) is 0 Å². The lowest BCUT2D eigenvalue weighted by atomic mass is 10.1. The third kappa shape index (κ3) is 5.47. The third-order valence-electron chi connectivity index (χ3n) is 3.19. The fourth-order valence-corrected chi connectivity index (χ4v) is 1.97. The number of amides is 1. The highest BCUT2D eigenvalue weighted by molar-refractivity contribution is 5.93. The van der Waals surface area contributed by atoms with Gasteiger partial charge in [-0.25, -0.2) is 0 Å². The lowest BCUT2D eigenvalue weighted by Crippen LogP contribution is -2.21. The minimum atomic E-state index is -0.436. The molecule has 0 bridgehead atoms. The molecule has 2 aromatic rings. The van der Waals surface area contributed by atoms with Crippen LogP contribution in [0.1, 0.15) is 11.1 Å². The summed E-state index contributed by atoms with van der Waals surface area (Å²) in [6, 6.07) is 14.5. The maximum atomic E-state index is 11.8. The van der Waals surface area contributed by atoms with Crippen molar-refractivity contribution in [3.63, 3.8) is 0 Å². The zero-order valence-corrected chi connectivity index (χ0v) is 13.2. The number of carbonyl (C=O) groups is 2. The van der Waals surface area contributed by atoms with Gasteiger partial charge < -0.3 is 14.8 Å². The van der Waals surface area contributed by atoms with Gasteiger partial charge in [-0.1, -0.05) is 35.9 Å². The number of hydrogen-bond donors (Lipinski definition) is 1. The molecule has 0 unspecified atom stereocenters.